The molecule has 0 saturated carbocycles. The quantitative estimate of drug-likeness (QED) is 0.323. The van der Waals surface area contributed by atoms with Gasteiger partial charge in [-0.25, -0.2) is 13.4 Å². The fourth-order valence-corrected chi connectivity index (χ4v) is 6.04. The van der Waals surface area contributed by atoms with Gasteiger partial charge in [-0.05, 0) is 60.2 Å². The van der Waals surface area contributed by atoms with Crippen LogP contribution in [-0.4, -0.2) is 50.4 Å². The number of amides is 1. The van der Waals surface area contributed by atoms with Crippen LogP contribution >= 0.6 is 11.6 Å². The van der Waals surface area contributed by atoms with Crippen LogP contribution in [-0.2, 0) is 16.6 Å². The standard InChI is InChI=1S/C29H27ClN4O3S/c30-25-14-12-23(13-15-25)22-34(38(36,37)27-9-2-1-3-10-27)26-8-6-7-24(21-26)29(35)33-19-17-32(18-20-33)28-11-4-5-16-31-28/h1-16,21H,17-20,22H2. The highest BCUT2D eigenvalue weighted by Gasteiger charge is 2.27. The van der Waals surface area contributed by atoms with Gasteiger partial charge in [-0.3, -0.25) is 9.10 Å². The minimum atomic E-state index is -3.91. The first kappa shape index (κ1) is 25.8. The topological polar surface area (TPSA) is 73.8 Å². The second-order valence-electron chi connectivity index (χ2n) is 8.97. The van der Waals surface area contributed by atoms with E-state index in [4.69, 9.17) is 11.6 Å². The molecule has 38 heavy (non-hydrogen) atoms. The van der Waals surface area contributed by atoms with E-state index in [1.165, 1.54) is 4.31 Å². The number of rotatable bonds is 7. The third-order valence-corrected chi connectivity index (χ3v) is 8.53. The van der Waals surface area contributed by atoms with Gasteiger partial charge in [0.05, 0.1) is 17.1 Å². The van der Waals surface area contributed by atoms with Crippen LogP contribution in [0.3, 0.4) is 0 Å². The average Bonchev–Trinajstić information content (AvgIpc) is 2.97. The maximum absolute atomic E-state index is 13.8. The summed E-state index contributed by atoms with van der Waals surface area (Å²) < 4.78 is 28.8. The summed E-state index contributed by atoms with van der Waals surface area (Å²) in [6.07, 6.45) is 1.76. The molecule has 0 radical (unpaired) electrons. The molecule has 7 nitrogen and oxygen atoms in total. The fraction of sp³-hybridized carbons (Fsp3) is 0.172. The number of carbonyl (C=O) groups excluding carboxylic acids is 1. The third-order valence-electron chi connectivity index (χ3n) is 6.49. The fourth-order valence-electron chi connectivity index (χ4n) is 4.45. The lowest BCUT2D eigenvalue weighted by Gasteiger charge is -2.35. The van der Waals surface area contributed by atoms with Gasteiger partial charge < -0.3 is 9.80 Å². The summed E-state index contributed by atoms with van der Waals surface area (Å²) in [5, 5.41) is 0.571. The van der Waals surface area contributed by atoms with Crippen LogP contribution in [0.4, 0.5) is 11.5 Å². The van der Waals surface area contributed by atoms with Crippen LogP contribution in [0.25, 0.3) is 0 Å². The van der Waals surface area contributed by atoms with E-state index in [-0.39, 0.29) is 17.3 Å². The van der Waals surface area contributed by atoms with Gasteiger partial charge in [0.2, 0.25) is 0 Å². The summed E-state index contributed by atoms with van der Waals surface area (Å²) in [5.41, 5.74) is 1.64. The van der Waals surface area contributed by atoms with Crippen LogP contribution in [0.2, 0.25) is 5.02 Å². The lowest BCUT2D eigenvalue weighted by molar-refractivity contribution is 0.0746. The Kier molecular flexibility index (Phi) is 7.62. The zero-order valence-electron chi connectivity index (χ0n) is 20.7. The van der Waals surface area contributed by atoms with Crippen LogP contribution in [0, 0.1) is 0 Å². The first-order valence-corrected chi connectivity index (χ1v) is 14.1. The zero-order chi connectivity index (χ0) is 26.5. The normalized spacial score (nSPS) is 13.8. The summed E-state index contributed by atoms with van der Waals surface area (Å²) in [4.78, 5) is 22.0. The molecule has 3 aromatic carbocycles. The van der Waals surface area contributed by atoms with E-state index in [1.807, 2.05) is 18.2 Å². The molecular weight excluding hydrogens is 520 g/mol. The van der Waals surface area contributed by atoms with Gasteiger partial charge in [-0.2, -0.15) is 0 Å². The van der Waals surface area contributed by atoms with Gasteiger partial charge in [0.25, 0.3) is 15.9 Å². The molecule has 1 aliphatic heterocycles. The highest BCUT2D eigenvalue weighted by atomic mass is 35.5. The number of hydrogen-bond donors (Lipinski definition) is 0. The minimum Gasteiger partial charge on any atom is -0.353 e. The molecule has 0 N–H and O–H groups in total. The van der Waals surface area contributed by atoms with E-state index in [2.05, 4.69) is 9.88 Å². The van der Waals surface area contributed by atoms with Gasteiger partial charge in [0.15, 0.2) is 0 Å². The van der Waals surface area contributed by atoms with Crippen molar-refractivity contribution < 1.29 is 13.2 Å². The van der Waals surface area contributed by atoms with Crippen molar-refractivity contribution in [3.05, 3.63) is 119 Å². The molecule has 0 atom stereocenters. The zero-order valence-corrected chi connectivity index (χ0v) is 22.2. The number of anilines is 2. The van der Waals surface area contributed by atoms with Gasteiger partial charge in [0.1, 0.15) is 5.82 Å². The van der Waals surface area contributed by atoms with Crippen LogP contribution < -0.4 is 9.21 Å². The highest BCUT2D eigenvalue weighted by Crippen LogP contribution is 2.28. The molecular formula is C29H27ClN4O3S. The molecule has 194 valence electrons. The first-order valence-electron chi connectivity index (χ1n) is 12.3. The number of sulfonamides is 1. The molecule has 1 aliphatic rings. The number of carbonyl (C=O) groups is 1. The molecule has 1 fully saturated rings. The van der Waals surface area contributed by atoms with E-state index >= 15 is 0 Å². The molecule has 1 amide bonds. The molecule has 1 saturated heterocycles. The van der Waals surface area contributed by atoms with Gasteiger partial charge >= 0.3 is 0 Å². The SMILES string of the molecule is O=C(c1cccc(N(Cc2ccc(Cl)cc2)S(=O)(=O)c2ccccc2)c1)N1CCN(c2ccccn2)CC1. The van der Waals surface area contributed by atoms with Gasteiger partial charge in [-0.1, -0.05) is 54.1 Å². The molecule has 2 heterocycles. The van der Waals surface area contributed by atoms with Crippen molar-refractivity contribution >= 4 is 39.0 Å². The number of benzene rings is 3. The summed E-state index contributed by atoms with van der Waals surface area (Å²) in [5.74, 6) is 0.765. The van der Waals surface area contributed by atoms with Crippen molar-refractivity contribution in [3.63, 3.8) is 0 Å². The second-order valence-corrected chi connectivity index (χ2v) is 11.3. The number of halogens is 1. The van der Waals surface area contributed by atoms with Crippen molar-refractivity contribution in [2.75, 3.05) is 35.4 Å². The van der Waals surface area contributed by atoms with E-state index in [0.29, 0.717) is 42.5 Å². The molecule has 0 bridgehead atoms. The maximum Gasteiger partial charge on any atom is 0.264 e. The average molecular weight is 547 g/mol. The van der Waals surface area contributed by atoms with Crippen LogP contribution in [0.5, 0.6) is 0 Å². The van der Waals surface area contributed by atoms with Crippen molar-refractivity contribution in [2.24, 2.45) is 0 Å². The lowest BCUT2D eigenvalue weighted by atomic mass is 10.1. The molecule has 1 aromatic heterocycles. The number of pyridine rings is 1. The largest absolute Gasteiger partial charge is 0.353 e. The van der Waals surface area contributed by atoms with Crippen molar-refractivity contribution in [1.82, 2.24) is 9.88 Å². The summed E-state index contributed by atoms with van der Waals surface area (Å²) in [6.45, 7) is 2.54. The Bertz CT molecular complexity index is 1490. The van der Waals surface area contributed by atoms with E-state index in [0.717, 1.165) is 11.4 Å². The third kappa shape index (κ3) is 5.66. The van der Waals surface area contributed by atoms with Gasteiger partial charge in [-0.15, -0.1) is 0 Å². The molecule has 9 heteroatoms. The smallest absolute Gasteiger partial charge is 0.264 e. The predicted molar refractivity (Wildman–Crippen MR) is 150 cm³/mol. The Morgan fingerprint density at radius 2 is 1.55 bits per heavy atom. The Hall–Kier alpha value is -3.88. The number of piperazine rings is 1. The Labute approximate surface area is 228 Å². The minimum absolute atomic E-state index is 0.0921. The van der Waals surface area contributed by atoms with E-state index < -0.39 is 10.0 Å². The van der Waals surface area contributed by atoms with Crippen LogP contribution in [0.1, 0.15) is 15.9 Å². The van der Waals surface area contributed by atoms with Crippen molar-refractivity contribution in [3.8, 4) is 0 Å². The molecule has 4 aromatic rings. The maximum atomic E-state index is 13.8. The molecule has 0 spiro atoms. The Morgan fingerprint density at radius 1 is 0.842 bits per heavy atom. The second kappa shape index (κ2) is 11.2. The lowest BCUT2D eigenvalue weighted by Crippen LogP contribution is -2.49. The Morgan fingerprint density at radius 3 is 2.24 bits per heavy atom. The monoisotopic (exact) mass is 546 g/mol. The number of nitrogens with zero attached hydrogens (tertiary/aromatic N) is 4. The van der Waals surface area contributed by atoms with E-state index in [1.54, 1.807) is 90.0 Å². The summed E-state index contributed by atoms with van der Waals surface area (Å²) >= 11 is 6.04. The van der Waals surface area contributed by atoms with E-state index in [9.17, 15) is 13.2 Å². The Balaban J connectivity index is 1.40. The molecule has 0 unspecified atom stereocenters. The predicted octanol–water partition coefficient (Wildman–Crippen LogP) is 5.09. The van der Waals surface area contributed by atoms with Crippen molar-refractivity contribution in [1.29, 1.82) is 0 Å². The number of aromatic nitrogens is 1. The van der Waals surface area contributed by atoms with Crippen molar-refractivity contribution in [2.45, 2.75) is 11.4 Å². The summed E-state index contributed by atoms with van der Waals surface area (Å²) in [7, 11) is -3.91. The molecule has 5 rings (SSSR count). The first-order chi connectivity index (χ1) is 18.4. The highest BCUT2D eigenvalue weighted by molar-refractivity contribution is 7.92. The summed E-state index contributed by atoms with van der Waals surface area (Å²) in [6, 6.07) is 28.0. The molecule has 0 aliphatic carbocycles. The van der Waals surface area contributed by atoms with Crippen LogP contribution in [0.15, 0.2) is 108 Å². The van der Waals surface area contributed by atoms with Gasteiger partial charge in [0, 0.05) is 43.0 Å². The number of hydrogen-bond acceptors (Lipinski definition) is 5.